The Morgan fingerprint density at radius 1 is 0.886 bits per heavy atom. The molecule has 3 amide bonds. The molecule has 15 nitrogen and oxygen atoms in total. The first-order valence-electron chi connectivity index (χ1n) is 10.6. The van der Waals surface area contributed by atoms with Crippen LogP contribution in [0, 0.1) is 5.92 Å². The second-order valence-electron chi connectivity index (χ2n) is 8.23. The summed E-state index contributed by atoms with van der Waals surface area (Å²) < 4.78 is 0. The number of hydrogen-bond acceptors (Lipinski definition) is 8. The highest BCUT2D eigenvalue weighted by molar-refractivity contribution is 5.96. The average molecular weight is 498 g/mol. The topological polar surface area (TPSA) is 254 Å². The molecule has 0 saturated heterocycles. The first kappa shape index (κ1) is 29.0. The maximum Gasteiger partial charge on any atom is 0.326 e. The van der Waals surface area contributed by atoms with Crippen molar-refractivity contribution < 1.29 is 44.1 Å². The number of amides is 3. The van der Waals surface area contributed by atoms with Crippen molar-refractivity contribution in [1.29, 1.82) is 0 Å². The Bertz CT molecular complexity index is 918. The summed E-state index contributed by atoms with van der Waals surface area (Å²) in [6, 6.07) is -5.81. The van der Waals surface area contributed by atoms with E-state index in [2.05, 4.69) is 25.9 Å². The smallest absolute Gasteiger partial charge is 0.326 e. The van der Waals surface area contributed by atoms with Gasteiger partial charge in [0.25, 0.3) is 0 Å². The highest BCUT2D eigenvalue weighted by Crippen LogP contribution is 2.08. The Hall–Kier alpha value is -4.01. The van der Waals surface area contributed by atoms with Crippen LogP contribution in [-0.4, -0.2) is 85.1 Å². The molecule has 0 aliphatic carbocycles. The summed E-state index contributed by atoms with van der Waals surface area (Å²) in [5.41, 5.74) is 5.92. The molecule has 0 spiro atoms. The highest BCUT2D eigenvalue weighted by atomic mass is 16.4. The molecule has 0 aliphatic rings. The Morgan fingerprint density at radius 3 is 1.91 bits per heavy atom. The molecule has 0 radical (unpaired) electrons. The van der Waals surface area contributed by atoms with E-state index in [9.17, 15) is 39.0 Å². The Kier molecular flexibility index (Phi) is 11.3. The van der Waals surface area contributed by atoms with E-state index in [1.54, 1.807) is 13.8 Å². The van der Waals surface area contributed by atoms with Crippen LogP contribution in [0.5, 0.6) is 0 Å². The van der Waals surface area contributed by atoms with Crippen molar-refractivity contribution in [1.82, 2.24) is 25.9 Å². The molecule has 0 aromatic carbocycles. The zero-order valence-electron chi connectivity index (χ0n) is 19.2. The van der Waals surface area contributed by atoms with E-state index in [0.717, 1.165) is 0 Å². The monoisotopic (exact) mass is 498 g/mol. The minimum absolute atomic E-state index is 0.0658. The molecule has 1 aromatic rings. The summed E-state index contributed by atoms with van der Waals surface area (Å²) in [4.78, 5) is 77.8. The van der Waals surface area contributed by atoms with Gasteiger partial charge in [0.15, 0.2) is 0 Å². The quantitative estimate of drug-likeness (QED) is 0.129. The maximum absolute atomic E-state index is 12.8. The van der Waals surface area contributed by atoms with Crippen molar-refractivity contribution in [3.8, 4) is 0 Å². The van der Waals surface area contributed by atoms with Crippen LogP contribution in [0.3, 0.4) is 0 Å². The molecule has 0 fully saturated rings. The number of carbonyl (C=O) groups is 6. The van der Waals surface area contributed by atoms with E-state index < -0.39 is 72.6 Å². The van der Waals surface area contributed by atoms with Gasteiger partial charge in [-0.15, -0.1) is 0 Å². The molecule has 194 valence electrons. The van der Waals surface area contributed by atoms with Crippen molar-refractivity contribution in [3.63, 3.8) is 0 Å². The molecule has 4 atom stereocenters. The van der Waals surface area contributed by atoms with Crippen molar-refractivity contribution in [2.45, 2.75) is 63.7 Å². The summed E-state index contributed by atoms with van der Waals surface area (Å²) in [6.07, 6.45) is 1.01. The Morgan fingerprint density at radius 2 is 1.43 bits per heavy atom. The third kappa shape index (κ3) is 10.6. The largest absolute Gasteiger partial charge is 0.481 e. The standard InChI is InChI=1S/C20H30N6O9/c1-9(2)3-12(24-17(31)11(21)5-15(27)28)18(32)25-13(6-16(29)30)19(33)26-14(20(34)35)4-10-7-22-8-23-10/h7-9,11-14H,3-6,21H2,1-2H3,(H,22,23)(H,24,31)(H,25,32)(H,26,33)(H,27,28)(H,29,30)(H,34,35). The van der Waals surface area contributed by atoms with Crippen LogP contribution in [0.15, 0.2) is 12.5 Å². The number of carboxylic acid groups (broad SMARTS) is 3. The van der Waals surface area contributed by atoms with Gasteiger partial charge < -0.3 is 42.0 Å². The molecular weight excluding hydrogens is 468 g/mol. The number of carboxylic acids is 3. The number of nitrogens with two attached hydrogens (primary N) is 1. The van der Waals surface area contributed by atoms with Gasteiger partial charge in [0, 0.05) is 18.3 Å². The fraction of sp³-hybridized carbons (Fsp3) is 0.550. The van der Waals surface area contributed by atoms with Crippen molar-refractivity contribution in [3.05, 3.63) is 18.2 Å². The van der Waals surface area contributed by atoms with Crippen molar-refractivity contribution in [2.75, 3.05) is 0 Å². The van der Waals surface area contributed by atoms with Gasteiger partial charge >= 0.3 is 17.9 Å². The van der Waals surface area contributed by atoms with Crippen LogP contribution in [-0.2, 0) is 35.2 Å². The van der Waals surface area contributed by atoms with Gasteiger partial charge in [-0.05, 0) is 12.3 Å². The average Bonchev–Trinajstić information content (AvgIpc) is 3.24. The van der Waals surface area contributed by atoms with Crippen LogP contribution < -0.4 is 21.7 Å². The second kappa shape index (κ2) is 13.6. The van der Waals surface area contributed by atoms with Gasteiger partial charge in [-0.1, -0.05) is 13.8 Å². The minimum atomic E-state index is -1.66. The van der Waals surface area contributed by atoms with E-state index in [1.165, 1.54) is 12.5 Å². The van der Waals surface area contributed by atoms with E-state index in [-0.39, 0.29) is 18.8 Å². The van der Waals surface area contributed by atoms with Crippen molar-refractivity contribution in [2.24, 2.45) is 11.7 Å². The lowest BCUT2D eigenvalue weighted by atomic mass is 10.0. The van der Waals surface area contributed by atoms with Gasteiger partial charge in [0.2, 0.25) is 17.7 Å². The lowest BCUT2D eigenvalue weighted by molar-refractivity contribution is -0.143. The number of nitrogens with zero attached hydrogens (tertiary/aromatic N) is 1. The number of aliphatic carboxylic acids is 3. The van der Waals surface area contributed by atoms with E-state index >= 15 is 0 Å². The molecular formula is C20H30N6O9. The number of hydrogen-bond donors (Lipinski definition) is 8. The van der Waals surface area contributed by atoms with Crippen molar-refractivity contribution >= 4 is 35.6 Å². The third-order valence-electron chi connectivity index (χ3n) is 4.68. The fourth-order valence-electron chi connectivity index (χ4n) is 3.01. The zero-order chi connectivity index (χ0) is 26.7. The molecule has 15 heteroatoms. The van der Waals surface area contributed by atoms with Gasteiger partial charge in [-0.25, -0.2) is 9.78 Å². The predicted octanol–water partition coefficient (Wildman–Crippen LogP) is -2.19. The molecule has 0 aliphatic heterocycles. The molecule has 1 rings (SSSR count). The molecule has 35 heavy (non-hydrogen) atoms. The first-order valence-corrected chi connectivity index (χ1v) is 10.6. The fourth-order valence-corrected chi connectivity index (χ4v) is 3.01. The molecule has 0 saturated carbocycles. The van der Waals surface area contributed by atoms with Gasteiger partial charge in [0.1, 0.15) is 18.1 Å². The summed E-state index contributed by atoms with van der Waals surface area (Å²) >= 11 is 0. The molecule has 9 N–H and O–H groups in total. The molecule has 1 aromatic heterocycles. The normalized spacial score (nSPS) is 14.3. The molecule has 0 bridgehead atoms. The number of aromatic amines is 1. The van der Waals surface area contributed by atoms with Gasteiger partial charge in [-0.2, -0.15) is 0 Å². The SMILES string of the molecule is CC(C)CC(NC(=O)C(N)CC(=O)O)C(=O)NC(CC(=O)O)C(=O)NC(Cc1cnc[nH]1)C(=O)O. The first-order chi connectivity index (χ1) is 16.3. The summed E-state index contributed by atoms with van der Waals surface area (Å²) in [6.45, 7) is 3.47. The highest BCUT2D eigenvalue weighted by Gasteiger charge is 2.32. The molecule has 4 unspecified atom stereocenters. The third-order valence-corrected chi connectivity index (χ3v) is 4.68. The summed E-state index contributed by atoms with van der Waals surface area (Å²) in [7, 11) is 0. The van der Waals surface area contributed by atoms with Gasteiger partial charge in [0.05, 0.1) is 25.2 Å². The second-order valence-corrected chi connectivity index (χ2v) is 8.23. The number of aromatic nitrogens is 2. The molecule has 1 heterocycles. The summed E-state index contributed by atoms with van der Waals surface area (Å²) in [5.74, 6) is -7.21. The van der Waals surface area contributed by atoms with E-state index in [4.69, 9.17) is 10.8 Å². The van der Waals surface area contributed by atoms with Crippen LogP contribution in [0.25, 0.3) is 0 Å². The zero-order valence-corrected chi connectivity index (χ0v) is 19.2. The van der Waals surface area contributed by atoms with Crippen LogP contribution in [0.2, 0.25) is 0 Å². The number of H-pyrrole nitrogens is 1. The lowest BCUT2D eigenvalue weighted by Crippen LogP contribution is -2.58. The summed E-state index contributed by atoms with van der Waals surface area (Å²) in [5, 5.41) is 34.1. The minimum Gasteiger partial charge on any atom is -0.481 e. The van der Waals surface area contributed by atoms with Crippen LogP contribution >= 0.6 is 0 Å². The Labute approximate surface area is 199 Å². The van der Waals surface area contributed by atoms with Crippen LogP contribution in [0.1, 0.15) is 38.8 Å². The maximum atomic E-state index is 12.8. The number of rotatable bonds is 15. The van der Waals surface area contributed by atoms with E-state index in [1.807, 2.05) is 0 Å². The Balaban J connectivity index is 2.99. The number of nitrogens with one attached hydrogen (secondary N) is 4. The number of carbonyl (C=O) groups excluding carboxylic acids is 3. The predicted molar refractivity (Wildman–Crippen MR) is 118 cm³/mol. The van der Waals surface area contributed by atoms with Crippen LogP contribution in [0.4, 0.5) is 0 Å². The van der Waals surface area contributed by atoms with Gasteiger partial charge in [-0.3, -0.25) is 24.0 Å². The lowest BCUT2D eigenvalue weighted by Gasteiger charge is -2.25. The number of imidazole rings is 1. The van der Waals surface area contributed by atoms with E-state index in [0.29, 0.717) is 5.69 Å².